The van der Waals surface area contributed by atoms with E-state index >= 15 is 0 Å². The summed E-state index contributed by atoms with van der Waals surface area (Å²) in [6.45, 7) is 4.08. The molecule has 0 spiro atoms. The first-order valence-corrected chi connectivity index (χ1v) is 5.71. The van der Waals surface area contributed by atoms with Crippen LogP contribution >= 0.6 is 0 Å². The molecule has 0 amide bonds. The molecule has 4 nitrogen and oxygen atoms in total. The molecule has 0 saturated heterocycles. The van der Waals surface area contributed by atoms with E-state index in [4.69, 9.17) is 5.26 Å². The van der Waals surface area contributed by atoms with E-state index in [9.17, 15) is 4.79 Å². The lowest BCUT2D eigenvalue weighted by Crippen LogP contribution is -2.24. The summed E-state index contributed by atoms with van der Waals surface area (Å²) in [6, 6.07) is 7.62. The number of aromatic nitrogens is 2. The SMILES string of the molecule is CCC(C)n1c(=O)n(C)c2cc(C#N)ccc21. The summed E-state index contributed by atoms with van der Waals surface area (Å²) >= 11 is 0. The van der Waals surface area contributed by atoms with Gasteiger partial charge in [0, 0.05) is 13.1 Å². The molecular formula is C13H15N3O. The number of benzene rings is 1. The molecule has 0 aliphatic rings. The van der Waals surface area contributed by atoms with Crippen LogP contribution in [0.4, 0.5) is 0 Å². The van der Waals surface area contributed by atoms with Crippen molar-refractivity contribution < 1.29 is 0 Å². The fourth-order valence-electron chi connectivity index (χ4n) is 2.04. The quantitative estimate of drug-likeness (QED) is 0.792. The lowest BCUT2D eigenvalue weighted by Gasteiger charge is -2.10. The van der Waals surface area contributed by atoms with Gasteiger partial charge in [-0.3, -0.25) is 9.13 Å². The first-order chi connectivity index (χ1) is 8.10. The van der Waals surface area contributed by atoms with Crippen molar-refractivity contribution in [1.29, 1.82) is 5.26 Å². The summed E-state index contributed by atoms with van der Waals surface area (Å²) in [5.74, 6) is 0. The second-order valence-electron chi connectivity index (χ2n) is 4.28. The van der Waals surface area contributed by atoms with Gasteiger partial charge in [0.25, 0.3) is 0 Å². The van der Waals surface area contributed by atoms with Crippen LogP contribution in [0.15, 0.2) is 23.0 Å². The molecule has 1 heterocycles. The summed E-state index contributed by atoms with van der Waals surface area (Å²) in [5, 5.41) is 8.88. The lowest BCUT2D eigenvalue weighted by molar-refractivity contribution is 0.521. The monoisotopic (exact) mass is 229 g/mol. The van der Waals surface area contributed by atoms with Crippen LogP contribution in [0, 0.1) is 11.3 Å². The van der Waals surface area contributed by atoms with Crippen molar-refractivity contribution in [3.63, 3.8) is 0 Å². The minimum atomic E-state index is -0.0237. The van der Waals surface area contributed by atoms with Crippen LogP contribution < -0.4 is 5.69 Å². The number of hydrogen-bond donors (Lipinski definition) is 0. The van der Waals surface area contributed by atoms with Gasteiger partial charge in [0.1, 0.15) is 0 Å². The number of aryl methyl sites for hydroxylation is 1. The predicted molar refractivity (Wildman–Crippen MR) is 66.9 cm³/mol. The van der Waals surface area contributed by atoms with Gasteiger partial charge in [0.15, 0.2) is 0 Å². The van der Waals surface area contributed by atoms with E-state index in [1.807, 2.05) is 13.0 Å². The molecule has 1 aromatic carbocycles. The van der Waals surface area contributed by atoms with Crippen molar-refractivity contribution in [1.82, 2.24) is 9.13 Å². The maximum Gasteiger partial charge on any atom is 0.329 e. The summed E-state index contributed by atoms with van der Waals surface area (Å²) in [6.07, 6.45) is 0.902. The molecule has 2 rings (SSSR count). The number of nitrogens with zero attached hydrogens (tertiary/aromatic N) is 3. The van der Waals surface area contributed by atoms with Gasteiger partial charge in [0.2, 0.25) is 0 Å². The van der Waals surface area contributed by atoms with Crippen molar-refractivity contribution in [3.8, 4) is 6.07 Å². The molecule has 0 radical (unpaired) electrons. The Labute approximate surface area is 99.7 Å². The van der Waals surface area contributed by atoms with E-state index in [0.29, 0.717) is 5.56 Å². The number of imidazole rings is 1. The first kappa shape index (κ1) is 11.5. The Morgan fingerprint density at radius 3 is 2.71 bits per heavy atom. The highest BCUT2D eigenvalue weighted by atomic mass is 16.1. The average molecular weight is 229 g/mol. The van der Waals surface area contributed by atoms with Crippen LogP contribution in [-0.2, 0) is 7.05 Å². The molecular weight excluding hydrogens is 214 g/mol. The van der Waals surface area contributed by atoms with Gasteiger partial charge in [-0.25, -0.2) is 4.79 Å². The lowest BCUT2D eigenvalue weighted by atomic mass is 10.2. The van der Waals surface area contributed by atoms with Crippen LogP contribution in [0.1, 0.15) is 31.9 Å². The van der Waals surface area contributed by atoms with E-state index in [1.165, 1.54) is 0 Å². The van der Waals surface area contributed by atoms with Crippen molar-refractivity contribution in [3.05, 3.63) is 34.2 Å². The van der Waals surface area contributed by atoms with Crippen molar-refractivity contribution in [2.45, 2.75) is 26.3 Å². The molecule has 4 heteroatoms. The van der Waals surface area contributed by atoms with E-state index < -0.39 is 0 Å². The van der Waals surface area contributed by atoms with Crippen molar-refractivity contribution in [2.75, 3.05) is 0 Å². The summed E-state index contributed by atoms with van der Waals surface area (Å²) in [4.78, 5) is 12.1. The average Bonchev–Trinajstić information content (AvgIpc) is 2.61. The van der Waals surface area contributed by atoms with E-state index in [-0.39, 0.29) is 11.7 Å². The molecule has 2 aromatic rings. The smallest absolute Gasteiger partial charge is 0.295 e. The molecule has 1 aromatic heterocycles. The Morgan fingerprint density at radius 1 is 1.41 bits per heavy atom. The second-order valence-corrected chi connectivity index (χ2v) is 4.28. The first-order valence-electron chi connectivity index (χ1n) is 5.71. The largest absolute Gasteiger partial charge is 0.329 e. The molecule has 17 heavy (non-hydrogen) atoms. The van der Waals surface area contributed by atoms with Gasteiger partial charge in [0.05, 0.1) is 22.7 Å². The van der Waals surface area contributed by atoms with Crippen LogP contribution in [0.2, 0.25) is 0 Å². The minimum Gasteiger partial charge on any atom is -0.295 e. The fourth-order valence-corrected chi connectivity index (χ4v) is 2.04. The number of nitriles is 1. The molecule has 0 aliphatic carbocycles. The Kier molecular flexibility index (Phi) is 2.76. The molecule has 1 atom stereocenters. The van der Waals surface area contributed by atoms with Crippen LogP contribution in [0.5, 0.6) is 0 Å². The summed E-state index contributed by atoms with van der Waals surface area (Å²) < 4.78 is 3.39. The Hall–Kier alpha value is -2.02. The van der Waals surface area contributed by atoms with Crippen LogP contribution in [0.25, 0.3) is 11.0 Å². The second kappa shape index (κ2) is 4.10. The van der Waals surface area contributed by atoms with Gasteiger partial charge in [-0.05, 0) is 31.5 Å². The Morgan fingerprint density at radius 2 is 2.12 bits per heavy atom. The van der Waals surface area contributed by atoms with Crippen LogP contribution in [-0.4, -0.2) is 9.13 Å². The zero-order valence-corrected chi connectivity index (χ0v) is 10.3. The highest BCUT2D eigenvalue weighted by molar-refractivity contribution is 5.77. The van der Waals surface area contributed by atoms with Crippen molar-refractivity contribution >= 4 is 11.0 Å². The maximum atomic E-state index is 12.1. The van der Waals surface area contributed by atoms with Gasteiger partial charge in [-0.2, -0.15) is 5.26 Å². The van der Waals surface area contributed by atoms with E-state index in [0.717, 1.165) is 17.5 Å². The highest BCUT2D eigenvalue weighted by Gasteiger charge is 2.14. The topological polar surface area (TPSA) is 50.7 Å². The molecule has 0 bridgehead atoms. The van der Waals surface area contributed by atoms with E-state index in [1.54, 1.807) is 28.3 Å². The predicted octanol–water partition coefficient (Wildman–Crippen LogP) is 2.18. The third-order valence-electron chi connectivity index (χ3n) is 3.25. The maximum absolute atomic E-state index is 12.1. The molecule has 88 valence electrons. The molecule has 1 unspecified atom stereocenters. The minimum absolute atomic E-state index is 0.0237. The van der Waals surface area contributed by atoms with Gasteiger partial charge in [-0.15, -0.1) is 0 Å². The van der Waals surface area contributed by atoms with Gasteiger partial charge in [-0.1, -0.05) is 6.92 Å². The molecule has 0 saturated carbocycles. The Balaban J connectivity index is 2.84. The number of hydrogen-bond acceptors (Lipinski definition) is 2. The van der Waals surface area contributed by atoms with E-state index in [2.05, 4.69) is 13.0 Å². The standard InChI is InChI=1S/C13H15N3O/c1-4-9(2)16-11-6-5-10(8-14)7-12(11)15(3)13(16)17/h5-7,9H,4H2,1-3H3. The van der Waals surface area contributed by atoms with Crippen LogP contribution in [0.3, 0.4) is 0 Å². The number of fused-ring (bicyclic) bond motifs is 1. The zero-order chi connectivity index (χ0) is 12.6. The van der Waals surface area contributed by atoms with Gasteiger partial charge < -0.3 is 0 Å². The Bertz CT molecular complexity index is 658. The van der Waals surface area contributed by atoms with Gasteiger partial charge >= 0.3 is 5.69 Å². The normalized spacial score (nSPS) is 12.6. The summed E-state index contributed by atoms with van der Waals surface area (Å²) in [7, 11) is 1.74. The summed E-state index contributed by atoms with van der Waals surface area (Å²) in [5.41, 5.74) is 2.26. The fraction of sp³-hybridized carbons (Fsp3) is 0.385. The molecule has 0 N–H and O–H groups in total. The molecule has 0 fully saturated rings. The molecule has 0 aliphatic heterocycles. The third-order valence-corrected chi connectivity index (χ3v) is 3.25. The highest BCUT2D eigenvalue weighted by Crippen LogP contribution is 2.19. The third kappa shape index (κ3) is 1.64. The zero-order valence-electron chi connectivity index (χ0n) is 10.3. The van der Waals surface area contributed by atoms with Crippen molar-refractivity contribution in [2.24, 2.45) is 7.05 Å². The number of rotatable bonds is 2.